The SMILES string of the molecule is CCCCC/C=C\CCCCCCCC(=O)OC(COCCC(C(=O)O)[N+](C)(C)C)COC(=O)CCCC. The van der Waals surface area contributed by atoms with Crippen LogP contribution in [-0.2, 0) is 28.6 Å². The first-order valence-electron chi connectivity index (χ1n) is 14.7. The van der Waals surface area contributed by atoms with Gasteiger partial charge in [0.25, 0.3) is 0 Å². The molecule has 0 radical (unpaired) electrons. The molecule has 0 saturated carbocycles. The maximum Gasteiger partial charge on any atom is 0.362 e. The number of ether oxygens (including phenoxy) is 3. The molecule has 0 aromatic heterocycles. The molecule has 0 fully saturated rings. The quantitative estimate of drug-likeness (QED) is 0.0647. The molecule has 222 valence electrons. The molecule has 0 spiro atoms. The number of allylic oxidation sites excluding steroid dienone is 2. The fourth-order valence-corrected chi connectivity index (χ4v) is 4.00. The second-order valence-corrected chi connectivity index (χ2v) is 11.0. The van der Waals surface area contributed by atoms with E-state index in [4.69, 9.17) is 14.2 Å². The molecule has 2 atom stereocenters. The lowest BCUT2D eigenvalue weighted by atomic mass is 10.1. The smallest absolute Gasteiger partial charge is 0.362 e. The van der Waals surface area contributed by atoms with Gasteiger partial charge in [-0.05, 0) is 38.5 Å². The van der Waals surface area contributed by atoms with Crippen molar-refractivity contribution in [2.75, 3.05) is 41.0 Å². The zero-order valence-electron chi connectivity index (χ0n) is 24.9. The van der Waals surface area contributed by atoms with Gasteiger partial charge in [-0.25, -0.2) is 4.79 Å². The number of hydrogen-bond donors (Lipinski definition) is 1. The summed E-state index contributed by atoms with van der Waals surface area (Å²) < 4.78 is 16.8. The van der Waals surface area contributed by atoms with Crippen LogP contribution in [0.1, 0.15) is 110 Å². The number of carbonyl (C=O) groups is 3. The van der Waals surface area contributed by atoms with E-state index in [1.165, 1.54) is 32.1 Å². The van der Waals surface area contributed by atoms with Gasteiger partial charge in [0.1, 0.15) is 6.61 Å². The summed E-state index contributed by atoms with van der Waals surface area (Å²) in [5.41, 5.74) is 0. The number of quaternary nitrogens is 1. The highest BCUT2D eigenvalue weighted by molar-refractivity contribution is 5.72. The number of hydrogen-bond acceptors (Lipinski definition) is 6. The van der Waals surface area contributed by atoms with Crippen LogP contribution in [0.4, 0.5) is 0 Å². The van der Waals surface area contributed by atoms with E-state index in [1.54, 1.807) is 0 Å². The normalized spacial score (nSPS) is 13.4. The van der Waals surface area contributed by atoms with E-state index >= 15 is 0 Å². The van der Waals surface area contributed by atoms with E-state index in [0.717, 1.165) is 44.9 Å². The van der Waals surface area contributed by atoms with Crippen molar-refractivity contribution in [1.29, 1.82) is 0 Å². The minimum atomic E-state index is -0.882. The molecule has 0 aliphatic heterocycles. The van der Waals surface area contributed by atoms with Crippen molar-refractivity contribution in [1.82, 2.24) is 0 Å². The fraction of sp³-hybridized carbons (Fsp3) is 0.833. The van der Waals surface area contributed by atoms with E-state index < -0.39 is 18.1 Å². The van der Waals surface area contributed by atoms with Gasteiger partial charge in [-0.3, -0.25) is 9.59 Å². The van der Waals surface area contributed by atoms with E-state index in [-0.39, 0.29) is 36.2 Å². The third-order valence-corrected chi connectivity index (χ3v) is 6.41. The Kier molecular flexibility index (Phi) is 21.8. The molecule has 0 saturated heterocycles. The highest BCUT2D eigenvalue weighted by atomic mass is 16.6. The molecule has 8 nitrogen and oxygen atoms in total. The second kappa shape index (κ2) is 23.0. The lowest BCUT2D eigenvalue weighted by Crippen LogP contribution is -2.50. The van der Waals surface area contributed by atoms with Crippen LogP contribution in [0, 0.1) is 0 Å². The Morgan fingerprint density at radius 3 is 1.95 bits per heavy atom. The topological polar surface area (TPSA) is 99.1 Å². The molecule has 0 aliphatic carbocycles. The molecule has 0 heterocycles. The molecule has 0 bridgehead atoms. The van der Waals surface area contributed by atoms with Crippen LogP contribution in [0.3, 0.4) is 0 Å². The van der Waals surface area contributed by atoms with Crippen LogP contribution in [0.2, 0.25) is 0 Å². The van der Waals surface area contributed by atoms with Crippen LogP contribution in [-0.4, -0.2) is 80.6 Å². The molecule has 0 amide bonds. The highest BCUT2D eigenvalue weighted by Gasteiger charge is 2.31. The molecule has 8 heteroatoms. The van der Waals surface area contributed by atoms with Crippen LogP contribution in [0.25, 0.3) is 0 Å². The Balaban J connectivity index is 4.36. The Bertz CT molecular complexity index is 657. The summed E-state index contributed by atoms with van der Waals surface area (Å²) in [6.45, 7) is 4.43. The van der Waals surface area contributed by atoms with Crippen molar-refractivity contribution in [3.63, 3.8) is 0 Å². The predicted molar refractivity (Wildman–Crippen MR) is 151 cm³/mol. The summed E-state index contributed by atoms with van der Waals surface area (Å²) in [6, 6.07) is -0.607. The Morgan fingerprint density at radius 2 is 1.34 bits per heavy atom. The van der Waals surface area contributed by atoms with Crippen LogP contribution >= 0.6 is 0 Å². The van der Waals surface area contributed by atoms with Gasteiger partial charge >= 0.3 is 17.9 Å². The third-order valence-electron chi connectivity index (χ3n) is 6.41. The zero-order chi connectivity index (χ0) is 28.7. The lowest BCUT2D eigenvalue weighted by molar-refractivity contribution is -0.887. The van der Waals surface area contributed by atoms with E-state index in [2.05, 4.69) is 19.1 Å². The molecule has 1 N–H and O–H groups in total. The number of aliphatic carboxylic acids is 1. The van der Waals surface area contributed by atoms with Gasteiger partial charge in [0.2, 0.25) is 0 Å². The van der Waals surface area contributed by atoms with Crippen molar-refractivity contribution in [3.05, 3.63) is 12.2 Å². The van der Waals surface area contributed by atoms with Crippen LogP contribution in [0.15, 0.2) is 12.2 Å². The lowest BCUT2D eigenvalue weighted by Gasteiger charge is -2.31. The molecular weight excluding hydrogens is 486 g/mol. The van der Waals surface area contributed by atoms with Gasteiger partial charge in [0.15, 0.2) is 12.1 Å². The van der Waals surface area contributed by atoms with Crippen molar-refractivity contribution >= 4 is 17.9 Å². The van der Waals surface area contributed by atoms with E-state index in [0.29, 0.717) is 19.3 Å². The molecular formula is C30H56NO7+. The molecule has 0 aliphatic rings. The summed E-state index contributed by atoms with van der Waals surface area (Å²) in [5.74, 6) is -1.53. The monoisotopic (exact) mass is 542 g/mol. The number of nitrogens with zero attached hydrogens (tertiary/aromatic N) is 1. The Morgan fingerprint density at radius 1 is 0.763 bits per heavy atom. The number of carboxylic acid groups (broad SMARTS) is 1. The first-order chi connectivity index (χ1) is 18.1. The number of carbonyl (C=O) groups excluding carboxylic acids is 2. The van der Waals surface area contributed by atoms with Crippen molar-refractivity contribution in [2.45, 2.75) is 122 Å². The standard InChI is InChI=1S/C30H55NO7/c1-6-8-10-11-12-13-14-15-16-17-18-19-21-29(33)38-26(25-37-28(32)20-9-7-2)24-36-23-22-27(30(34)35)31(3,4)5/h12-13,26-27H,6-11,14-25H2,1-5H3/p+1/b13-12-. The van der Waals surface area contributed by atoms with Gasteiger partial charge in [0, 0.05) is 19.3 Å². The summed E-state index contributed by atoms with van der Waals surface area (Å²) in [5, 5.41) is 9.46. The number of rotatable bonds is 25. The van der Waals surface area contributed by atoms with E-state index in [1.807, 2.05) is 28.1 Å². The van der Waals surface area contributed by atoms with Crippen LogP contribution in [0.5, 0.6) is 0 Å². The average molecular weight is 543 g/mol. The first-order valence-corrected chi connectivity index (χ1v) is 14.7. The third kappa shape index (κ3) is 21.1. The summed E-state index contributed by atoms with van der Waals surface area (Å²) in [7, 11) is 5.48. The molecule has 38 heavy (non-hydrogen) atoms. The highest BCUT2D eigenvalue weighted by Crippen LogP contribution is 2.11. The Hall–Kier alpha value is -1.93. The number of unbranched alkanes of at least 4 members (excludes halogenated alkanes) is 9. The van der Waals surface area contributed by atoms with Gasteiger partial charge in [-0.15, -0.1) is 0 Å². The molecule has 0 aromatic carbocycles. The number of likely N-dealkylation sites (N-methyl/N-ethyl adjacent to an activating group) is 1. The van der Waals surface area contributed by atoms with Crippen molar-refractivity contribution < 1.29 is 38.2 Å². The minimum absolute atomic E-state index is 0.0576. The first kappa shape index (κ1) is 36.1. The summed E-state index contributed by atoms with van der Waals surface area (Å²) in [4.78, 5) is 35.9. The second-order valence-electron chi connectivity index (χ2n) is 11.0. The zero-order valence-corrected chi connectivity index (χ0v) is 24.9. The van der Waals surface area contributed by atoms with Gasteiger partial charge < -0.3 is 23.8 Å². The molecule has 0 aromatic rings. The van der Waals surface area contributed by atoms with E-state index in [9.17, 15) is 19.5 Å². The molecule has 0 rings (SSSR count). The van der Waals surface area contributed by atoms with Gasteiger partial charge in [0.05, 0.1) is 34.4 Å². The van der Waals surface area contributed by atoms with Gasteiger partial charge in [-0.1, -0.05) is 64.5 Å². The Labute approximate surface area is 231 Å². The fourth-order valence-electron chi connectivity index (χ4n) is 4.00. The average Bonchev–Trinajstić information content (AvgIpc) is 2.85. The van der Waals surface area contributed by atoms with Crippen molar-refractivity contribution in [3.8, 4) is 0 Å². The van der Waals surface area contributed by atoms with Gasteiger partial charge in [-0.2, -0.15) is 0 Å². The van der Waals surface area contributed by atoms with Crippen LogP contribution < -0.4 is 0 Å². The summed E-state index contributed by atoms with van der Waals surface area (Å²) in [6.07, 6.45) is 17.8. The predicted octanol–water partition coefficient (Wildman–Crippen LogP) is 6.06. The largest absolute Gasteiger partial charge is 0.477 e. The maximum atomic E-state index is 12.4. The maximum absolute atomic E-state index is 12.4. The number of carboxylic acids is 1. The number of esters is 2. The summed E-state index contributed by atoms with van der Waals surface area (Å²) >= 11 is 0. The molecule has 2 unspecified atom stereocenters. The van der Waals surface area contributed by atoms with Crippen molar-refractivity contribution in [2.24, 2.45) is 0 Å². The minimum Gasteiger partial charge on any atom is -0.477 e.